The monoisotopic (exact) mass is 278 g/mol. The molecule has 0 bridgehead atoms. The topological polar surface area (TPSA) is 90.7 Å². The number of aryl methyl sites for hydroxylation is 1. The molecule has 2 atom stereocenters. The fourth-order valence-electron chi connectivity index (χ4n) is 2.60. The van der Waals surface area contributed by atoms with Crippen LogP contribution in [0.2, 0.25) is 0 Å². The number of likely N-dealkylation sites (tertiary alicyclic amines) is 1. The molecule has 0 aliphatic carbocycles. The second-order valence-corrected chi connectivity index (χ2v) is 5.18. The number of carboxylic acid groups (broad SMARTS) is 2. The van der Waals surface area contributed by atoms with Crippen molar-refractivity contribution in [2.24, 2.45) is 11.8 Å². The van der Waals surface area contributed by atoms with Crippen LogP contribution in [0.4, 0.5) is 0 Å². The molecule has 0 spiro atoms. The first-order chi connectivity index (χ1) is 9.49. The summed E-state index contributed by atoms with van der Waals surface area (Å²) >= 11 is 0. The quantitative estimate of drug-likeness (QED) is 0.853. The summed E-state index contributed by atoms with van der Waals surface area (Å²) in [5.41, 5.74) is 1.96. The van der Waals surface area contributed by atoms with E-state index in [2.05, 4.69) is 4.98 Å². The van der Waals surface area contributed by atoms with Gasteiger partial charge in [0.2, 0.25) is 0 Å². The number of aliphatic carboxylic acids is 2. The first-order valence-electron chi connectivity index (χ1n) is 6.57. The number of pyridine rings is 1. The maximum absolute atomic E-state index is 11.2. The minimum Gasteiger partial charge on any atom is -0.481 e. The van der Waals surface area contributed by atoms with Crippen LogP contribution in [0, 0.1) is 18.8 Å². The van der Waals surface area contributed by atoms with E-state index in [1.54, 1.807) is 6.20 Å². The zero-order chi connectivity index (χ0) is 14.7. The number of rotatable bonds is 4. The SMILES string of the molecule is Cc1cccnc1CN1CCC(C(=O)O)C(C(=O)O)C1. The first-order valence-corrected chi connectivity index (χ1v) is 6.57. The molecule has 6 heteroatoms. The highest BCUT2D eigenvalue weighted by Gasteiger charge is 2.38. The van der Waals surface area contributed by atoms with Gasteiger partial charge in [0.05, 0.1) is 17.5 Å². The fourth-order valence-corrected chi connectivity index (χ4v) is 2.60. The normalized spacial score (nSPS) is 23.4. The number of aromatic nitrogens is 1. The average molecular weight is 278 g/mol. The molecule has 1 fully saturated rings. The van der Waals surface area contributed by atoms with E-state index in [4.69, 9.17) is 5.11 Å². The molecule has 2 rings (SSSR count). The standard InChI is InChI=1S/C14H18N2O4/c1-9-3-2-5-15-12(9)8-16-6-4-10(13(17)18)11(7-16)14(19)20/h2-3,5,10-11H,4,6-8H2,1H3,(H,17,18)(H,19,20). The van der Waals surface area contributed by atoms with E-state index in [0.29, 0.717) is 19.5 Å². The Bertz CT molecular complexity index is 518. The molecule has 2 N–H and O–H groups in total. The molecule has 1 aromatic rings. The fraction of sp³-hybridized carbons (Fsp3) is 0.500. The predicted molar refractivity (Wildman–Crippen MR) is 71.1 cm³/mol. The smallest absolute Gasteiger partial charge is 0.308 e. The van der Waals surface area contributed by atoms with Gasteiger partial charge in [0, 0.05) is 19.3 Å². The van der Waals surface area contributed by atoms with Crippen molar-refractivity contribution in [1.29, 1.82) is 0 Å². The second-order valence-electron chi connectivity index (χ2n) is 5.18. The third-order valence-electron chi connectivity index (χ3n) is 3.82. The molecule has 20 heavy (non-hydrogen) atoms. The number of piperidine rings is 1. The van der Waals surface area contributed by atoms with Gasteiger partial charge in [0.1, 0.15) is 0 Å². The Balaban J connectivity index is 2.07. The molecule has 0 aromatic carbocycles. The van der Waals surface area contributed by atoms with E-state index in [-0.39, 0.29) is 6.54 Å². The van der Waals surface area contributed by atoms with Gasteiger partial charge in [-0.1, -0.05) is 6.07 Å². The highest BCUT2D eigenvalue weighted by molar-refractivity contribution is 5.80. The van der Waals surface area contributed by atoms with Gasteiger partial charge in [-0.05, 0) is 31.5 Å². The van der Waals surface area contributed by atoms with E-state index in [1.807, 2.05) is 24.0 Å². The van der Waals surface area contributed by atoms with Crippen LogP contribution in [0.15, 0.2) is 18.3 Å². The molecule has 1 aliphatic rings. The molecule has 108 valence electrons. The molecule has 6 nitrogen and oxygen atoms in total. The van der Waals surface area contributed by atoms with Crippen LogP contribution >= 0.6 is 0 Å². The van der Waals surface area contributed by atoms with Crippen molar-refractivity contribution < 1.29 is 19.8 Å². The Kier molecular flexibility index (Phi) is 4.34. The molecule has 1 aliphatic heterocycles. The summed E-state index contributed by atoms with van der Waals surface area (Å²) in [4.78, 5) is 28.6. The number of hydrogen-bond acceptors (Lipinski definition) is 4. The molecule has 0 amide bonds. The van der Waals surface area contributed by atoms with Gasteiger partial charge in [-0.3, -0.25) is 19.5 Å². The molecular formula is C14H18N2O4. The van der Waals surface area contributed by atoms with Gasteiger partial charge in [-0.2, -0.15) is 0 Å². The minimum atomic E-state index is -1.04. The molecular weight excluding hydrogens is 260 g/mol. The lowest BCUT2D eigenvalue weighted by molar-refractivity contribution is -0.157. The Morgan fingerprint density at radius 3 is 2.65 bits per heavy atom. The van der Waals surface area contributed by atoms with Gasteiger partial charge < -0.3 is 10.2 Å². The van der Waals surface area contributed by atoms with Crippen LogP contribution < -0.4 is 0 Å². The molecule has 0 saturated carbocycles. The van der Waals surface area contributed by atoms with Crippen LogP contribution in [0.3, 0.4) is 0 Å². The van der Waals surface area contributed by atoms with Gasteiger partial charge in [-0.15, -0.1) is 0 Å². The number of hydrogen-bond donors (Lipinski definition) is 2. The summed E-state index contributed by atoms with van der Waals surface area (Å²) < 4.78 is 0. The van der Waals surface area contributed by atoms with Crippen molar-refractivity contribution in [2.75, 3.05) is 13.1 Å². The van der Waals surface area contributed by atoms with E-state index in [0.717, 1.165) is 11.3 Å². The first kappa shape index (κ1) is 14.5. The maximum Gasteiger partial charge on any atom is 0.308 e. The van der Waals surface area contributed by atoms with Crippen molar-refractivity contribution in [3.05, 3.63) is 29.6 Å². The lowest BCUT2D eigenvalue weighted by Gasteiger charge is -2.34. The highest BCUT2D eigenvalue weighted by atomic mass is 16.4. The summed E-state index contributed by atoms with van der Waals surface area (Å²) in [6.45, 7) is 3.35. The summed E-state index contributed by atoms with van der Waals surface area (Å²) in [6, 6.07) is 3.82. The molecule has 2 heterocycles. The second kappa shape index (κ2) is 6.00. The van der Waals surface area contributed by atoms with Gasteiger partial charge in [-0.25, -0.2) is 0 Å². The Morgan fingerprint density at radius 1 is 1.35 bits per heavy atom. The van der Waals surface area contributed by atoms with E-state index in [1.165, 1.54) is 0 Å². The summed E-state index contributed by atoms with van der Waals surface area (Å²) in [6.07, 6.45) is 2.07. The highest BCUT2D eigenvalue weighted by Crippen LogP contribution is 2.25. The molecule has 1 saturated heterocycles. The van der Waals surface area contributed by atoms with Gasteiger partial charge >= 0.3 is 11.9 Å². The summed E-state index contributed by atoms with van der Waals surface area (Å²) in [7, 11) is 0. The van der Waals surface area contributed by atoms with E-state index < -0.39 is 23.8 Å². The van der Waals surface area contributed by atoms with Crippen molar-refractivity contribution >= 4 is 11.9 Å². The third-order valence-corrected chi connectivity index (χ3v) is 3.82. The zero-order valence-corrected chi connectivity index (χ0v) is 11.3. The minimum absolute atomic E-state index is 0.252. The van der Waals surface area contributed by atoms with Crippen LogP contribution in [0.1, 0.15) is 17.7 Å². The van der Waals surface area contributed by atoms with E-state index >= 15 is 0 Å². The van der Waals surface area contributed by atoms with Crippen molar-refractivity contribution in [3.63, 3.8) is 0 Å². The lowest BCUT2D eigenvalue weighted by Crippen LogP contribution is -2.46. The number of nitrogens with zero attached hydrogens (tertiary/aromatic N) is 2. The largest absolute Gasteiger partial charge is 0.481 e. The van der Waals surface area contributed by atoms with Crippen LogP contribution in [0.5, 0.6) is 0 Å². The van der Waals surface area contributed by atoms with Gasteiger partial charge in [0.25, 0.3) is 0 Å². The van der Waals surface area contributed by atoms with Crippen molar-refractivity contribution in [1.82, 2.24) is 9.88 Å². The zero-order valence-electron chi connectivity index (χ0n) is 11.3. The van der Waals surface area contributed by atoms with Crippen molar-refractivity contribution in [2.45, 2.75) is 19.9 Å². The van der Waals surface area contributed by atoms with E-state index in [9.17, 15) is 14.7 Å². The number of carboxylic acids is 2. The van der Waals surface area contributed by atoms with Gasteiger partial charge in [0.15, 0.2) is 0 Å². The predicted octanol–water partition coefficient (Wildman–Crippen LogP) is 0.997. The van der Waals surface area contributed by atoms with Crippen molar-refractivity contribution in [3.8, 4) is 0 Å². The maximum atomic E-state index is 11.2. The van der Waals surface area contributed by atoms with Crippen LogP contribution in [-0.2, 0) is 16.1 Å². The molecule has 1 aromatic heterocycles. The Hall–Kier alpha value is -1.95. The average Bonchev–Trinajstić information content (AvgIpc) is 2.41. The van der Waals surface area contributed by atoms with Crippen LogP contribution in [0.25, 0.3) is 0 Å². The lowest BCUT2D eigenvalue weighted by atomic mass is 9.85. The molecule has 0 radical (unpaired) electrons. The third kappa shape index (κ3) is 3.14. The summed E-state index contributed by atoms with van der Waals surface area (Å²) in [5, 5.41) is 18.3. The number of carbonyl (C=O) groups is 2. The Labute approximate surface area is 117 Å². The van der Waals surface area contributed by atoms with Crippen LogP contribution in [-0.4, -0.2) is 45.1 Å². The Morgan fingerprint density at radius 2 is 2.05 bits per heavy atom. The molecule has 2 unspecified atom stereocenters. The summed E-state index contributed by atoms with van der Waals surface area (Å²) in [5.74, 6) is -3.72.